The van der Waals surface area contributed by atoms with Crippen molar-refractivity contribution in [3.05, 3.63) is 35.4 Å². The van der Waals surface area contributed by atoms with Crippen LogP contribution in [0, 0.1) is 5.92 Å². The van der Waals surface area contributed by atoms with E-state index >= 15 is 0 Å². The number of hydrogen-bond acceptors (Lipinski definition) is 3. The zero-order chi connectivity index (χ0) is 16.8. The Balaban J connectivity index is 1.36. The monoisotopic (exact) mass is 330 g/mol. The van der Waals surface area contributed by atoms with Crippen LogP contribution in [0.3, 0.4) is 0 Å². The molecule has 2 N–H and O–H groups in total. The van der Waals surface area contributed by atoms with Gasteiger partial charge in [-0.25, -0.2) is 0 Å². The molecule has 2 aliphatic rings. The van der Waals surface area contributed by atoms with Gasteiger partial charge in [0.2, 0.25) is 5.91 Å². The van der Waals surface area contributed by atoms with Crippen molar-refractivity contribution in [2.24, 2.45) is 5.92 Å². The fraction of sp³-hybridized carbons (Fsp3) is 0.650. The molecule has 4 nitrogen and oxygen atoms in total. The van der Waals surface area contributed by atoms with Gasteiger partial charge in [0.1, 0.15) is 0 Å². The molecular formula is C20H30N2O2. The molecule has 1 amide bonds. The van der Waals surface area contributed by atoms with Gasteiger partial charge in [-0.05, 0) is 36.3 Å². The Hall–Kier alpha value is -1.39. The lowest BCUT2D eigenvalue weighted by Crippen LogP contribution is -2.42. The van der Waals surface area contributed by atoms with Gasteiger partial charge in [0.25, 0.3) is 0 Å². The van der Waals surface area contributed by atoms with E-state index in [0.717, 1.165) is 19.5 Å². The molecule has 1 saturated carbocycles. The third kappa shape index (κ3) is 5.05. The third-order valence-electron chi connectivity index (χ3n) is 5.41. The molecule has 1 unspecified atom stereocenters. The van der Waals surface area contributed by atoms with E-state index in [4.69, 9.17) is 0 Å². The van der Waals surface area contributed by atoms with E-state index in [1.54, 1.807) is 0 Å². The van der Waals surface area contributed by atoms with Crippen LogP contribution in [0.1, 0.15) is 49.7 Å². The molecule has 0 bridgehead atoms. The zero-order valence-corrected chi connectivity index (χ0v) is 14.5. The maximum atomic E-state index is 12.0. The van der Waals surface area contributed by atoms with Gasteiger partial charge in [0.05, 0.1) is 6.10 Å². The molecule has 1 aromatic rings. The molecule has 3 rings (SSSR count). The van der Waals surface area contributed by atoms with Gasteiger partial charge in [-0.15, -0.1) is 0 Å². The number of carbonyl (C=O) groups excluding carboxylic acids is 1. The molecule has 132 valence electrons. The van der Waals surface area contributed by atoms with Crippen molar-refractivity contribution >= 4 is 5.91 Å². The van der Waals surface area contributed by atoms with Crippen LogP contribution in [0.15, 0.2) is 24.3 Å². The number of fused-ring (bicyclic) bond motifs is 1. The highest BCUT2D eigenvalue weighted by Crippen LogP contribution is 2.26. The van der Waals surface area contributed by atoms with Gasteiger partial charge in [0.15, 0.2) is 0 Å². The first-order valence-corrected chi connectivity index (χ1v) is 9.44. The van der Waals surface area contributed by atoms with E-state index in [2.05, 4.69) is 34.5 Å². The molecule has 0 saturated heterocycles. The van der Waals surface area contributed by atoms with Crippen molar-refractivity contribution in [2.45, 2.75) is 57.6 Å². The summed E-state index contributed by atoms with van der Waals surface area (Å²) in [6.07, 6.45) is 7.38. The summed E-state index contributed by atoms with van der Waals surface area (Å²) in [6, 6.07) is 8.52. The van der Waals surface area contributed by atoms with Gasteiger partial charge < -0.3 is 10.4 Å². The second-order valence-corrected chi connectivity index (χ2v) is 7.42. The third-order valence-corrected chi connectivity index (χ3v) is 5.41. The standard InChI is InChI=1S/C20H30N2O2/c23-19(13-21-20(24)12-16-6-2-1-3-7-16)15-22-11-10-17-8-4-5-9-18(17)14-22/h4-5,8-9,16,19,23H,1-3,6-7,10-15H2,(H,21,24). The molecule has 4 heteroatoms. The summed E-state index contributed by atoms with van der Waals surface area (Å²) in [5, 5.41) is 13.2. The SMILES string of the molecule is O=C(CC1CCCCC1)NCC(O)CN1CCc2ccccc2C1. The summed E-state index contributed by atoms with van der Waals surface area (Å²) in [5.74, 6) is 0.652. The second-order valence-electron chi connectivity index (χ2n) is 7.42. The van der Waals surface area contributed by atoms with Crippen molar-refractivity contribution < 1.29 is 9.90 Å². The first kappa shape index (κ1) is 17.4. The average molecular weight is 330 g/mol. The van der Waals surface area contributed by atoms with Gasteiger partial charge in [-0.3, -0.25) is 9.69 Å². The number of nitrogens with zero attached hydrogens (tertiary/aromatic N) is 1. The van der Waals surface area contributed by atoms with Crippen LogP contribution in [0.2, 0.25) is 0 Å². The number of amides is 1. The maximum Gasteiger partial charge on any atom is 0.220 e. The first-order valence-electron chi connectivity index (χ1n) is 9.44. The van der Waals surface area contributed by atoms with Gasteiger partial charge >= 0.3 is 0 Å². The Labute approximate surface area is 145 Å². The summed E-state index contributed by atoms with van der Waals surface area (Å²) in [6.45, 7) is 2.86. The fourth-order valence-electron chi connectivity index (χ4n) is 4.03. The van der Waals surface area contributed by atoms with Crippen LogP contribution in [-0.4, -0.2) is 41.7 Å². The number of nitrogens with one attached hydrogen (secondary N) is 1. The lowest BCUT2D eigenvalue weighted by Gasteiger charge is -2.30. The minimum atomic E-state index is -0.495. The van der Waals surface area contributed by atoms with E-state index in [1.165, 1.54) is 43.2 Å². The van der Waals surface area contributed by atoms with Crippen molar-refractivity contribution in [1.29, 1.82) is 0 Å². The smallest absolute Gasteiger partial charge is 0.220 e. The van der Waals surface area contributed by atoms with E-state index in [0.29, 0.717) is 25.4 Å². The van der Waals surface area contributed by atoms with Crippen molar-refractivity contribution in [2.75, 3.05) is 19.6 Å². The predicted octanol–water partition coefficient (Wildman–Crippen LogP) is 2.49. The second kappa shape index (κ2) is 8.63. The highest BCUT2D eigenvalue weighted by Gasteiger charge is 2.20. The molecule has 0 radical (unpaired) electrons. The van der Waals surface area contributed by atoms with Crippen LogP contribution in [0.5, 0.6) is 0 Å². The Morgan fingerprint density at radius 2 is 1.96 bits per heavy atom. The van der Waals surface area contributed by atoms with Crippen molar-refractivity contribution in [3.8, 4) is 0 Å². The molecule has 1 aromatic carbocycles. The molecule has 0 spiro atoms. The summed E-state index contributed by atoms with van der Waals surface area (Å²) < 4.78 is 0. The van der Waals surface area contributed by atoms with Crippen LogP contribution >= 0.6 is 0 Å². The molecule has 1 aliphatic carbocycles. The minimum Gasteiger partial charge on any atom is -0.390 e. The van der Waals surface area contributed by atoms with Crippen LogP contribution < -0.4 is 5.32 Å². The lowest BCUT2D eigenvalue weighted by molar-refractivity contribution is -0.122. The Morgan fingerprint density at radius 3 is 2.75 bits per heavy atom. The Morgan fingerprint density at radius 1 is 1.21 bits per heavy atom. The topological polar surface area (TPSA) is 52.6 Å². The Bertz CT molecular complexity index is 540. The molecule has 24 heavy (non-hydrogen) atoms. The summed E-state index contributed by atoms with van der Waals surface area (Å²) in [4.78, 5) is 14.3. The maximum absolute atomic E-state index is 12.0. The number of rotatable bonds is 6. The molecule has 1 aliphatic heterocycles. The average Bonchev–Trinajstić information content (AvgIpc) is 2.61. The van der Waals surface area contributed by atoms with Gasteiger partial charge in [-0.1, -0.05) is 43.5 Å². The number of carbonyl (C=O) groups is 1. The quantitative estimate of drug-likeness (QED) is 0.842. The summed E-state index contributed by atoms with van der Waals surface area (Å²) >= 11 is 0. The predicted molar refractivity (Wildman–Crippen MR) is 95.6 cm³/mol. The summed E-state index contributed by atoms with van der Waals surface area (Å²) in [7, 11) is 0. The van der Waals surface area contributed by atoms with Crippen LogP contribution in [0.25, 0.3) is 0 Å². The number of benzene rings is 1. The van der Waals surface area contributed by atoms with Gasteiger partial charge in [0, 0.05) is 32.6 Å². The molecule has 1 heterocycles. The highest BCUT2D eigenvalue weighted by atomic mass is 16.3. The highest BCUT2D eigenvalue weighted by molar-refractivity contribution is 5.76. The molecular weight excluding hydrogens is 300 g/mol. The van der Waals surface area contributed by atoms with E-state index < -0.39 is 6.10 Å². The summed E-state index contributed by atoms with van der Waals surface area (Å²) in [5.41, 5.74) is 2.78. The zero-order valence-electron chi connectivity index (χ0n) is 14.5. The number of aliphatic hydroxyl groups excluding tert-OH is 1. The van der Waals surface area contributed by atoms with Crippen molar-refractivity contribution in [1.82, 2.24) is 10.2 Å². The normalized spacial score (nSPS) is 20.4. The van der Waals surface area contributed by atoms with Crippen LogP contribution in [-0.2, 0) is 17.8 Å². The lowest BCUT2D eigenvalue weighted by atomic mass is 9.87. The minimum absolute atomic E-state index is 0.102. The van der Waals surface area contributed by atoms with E-state index in [9.17, 15) is 9.90 Å². The van der Waals surface area contributed by atoms with Crippen LogP contribution in [0.4, 0.5) is 0 Å². The largest absolute Gasteiger partial charge is 0.390 e. The molecule has 0 aromatic heterocycles. The van der Waals surface area contributed by atoms with Crippen molar-refractivity contribution in [3.63, 3.8) is 0 Å². The van der Waals surface area contributed by atoms with E-state index in [1.807, 2.05) is 0 Å². The number of β-amino-alcohol motifs (C(OH)–C–C–N with tert-alkyl or cyclic N) is 1. The van der Waals surface area contributed by atoms with E-state index in [-0.39, 0.29) is 5.91 Å². The fourth-order valence-corrected chi connectivity index (χ4v) is 4.03. The molecule has 1 fully saturated rings. The molecule has 1 atom stereocenters. The number of hydrogen-bond donors (Lipinski definition) is 2. The first-order chi connectivity index (χ1) is 11.7. The Kier molecular flexibility index (Phi) is 6.27. The van der Waals surface area contributed by atoms with Gasteiger partial charge in [-0.2, -0.15) is 0 Å². The number of aliphatic hydroxyl groups is 1.